The summed E-state index contributed by atoms with van der Waals surface area (Å²) in [5.41, 5.74) is 2.33. The maximum atomic E-state index is 12.8. The number of urea groups is 1. The number of carbonyl (C=O) groups is 2. The lowest BCUT2D eigenvalue weighted by molar-refractivity contribution is -0.143. The van der Waals surface area contributed by atoms with Crippen molar-refractivity contribution in [1.82, 2.24) is 10.2 Å². The molecule has 1 unspecified atom stereocenters. The molecular weight excluding hydrogens is 428 g/mol. The number of rotatable bonds is 14. The fraction of sp³-hybridized carbons (Fsp3) is 0.714. The van der Waals surface area contributed by atoms with E-state index in [2.05, 4.69) is 43.4 Å². The largest absolute Gasteiger partial charge is 0.481 e. The van der Waals surface area contributed by atoms with E-state index in [0.717, 1.165) is 56.9 Å². The van der Waals surface area contributed by atoms with Crippen LogP contribution in [0.25, 0.3) is 0 Å². The molecule has 3 atom stereocenters. The normalized spacial score (nSPS) is 19.1. The van der Waals surface area contributed by atoms with Crippen LogP contribution in [-0.4, -0.2) is 47.8 Å². The lowest BCUT2D eigenvalue weighted by Crippen LogP contribution is -2.42. The van der Waals surface area contributed by atoms with Gasteiger partial charge in [-0.1, -0.05) is 69.9 Å². The van der Waals surface area contributed by atoms with E-state index in [-0.39, 0.29) is 24.0 Å². The van der Waals surface area contributed by atoms with Gasteiger partial charge in [0.2, 0.25) is 0 Å². The molecule has 6 heteroatoms. The minimum absolute atomic E-state index is 0.0347. The van der Waals surface area contributed by atoms with E-state index in [0.29, 0.717) is 32.2 Å². The highest BCUT2D eigenvalue weighted by atomic mass is 16.5. The predicted molar refractivity (Wildman–Crippen MR) is 137 cm³/mol. The van der Waals surface area contributed by atoms with Crippen molar-refractivity contribution >= 4 is 12.0 Å². The lowest BCUT2D eigenvalue weighted by atomic mass is 9.81. The molecule has 6 nitrogen and oxygen atoms in total. The van der Waals surface area contributed by atoms with Crippen LogP contribution in [0.4, 0.5) is 4.79 Å². The van der Waals surface area contributed by atoms with Crippen LogP contribution in [0.5, 0.6) is 0 Å². The van der Waals surface area contributed by atoms with Crippen molar-refractivity contribution in [1.29, 1.82) is 0 Å². The number of nitrogens with one attached hydrogen (secondary N) is 1. The van der Waals surface area contributed by atoms with Crippen LogP contribution in [0.15, 0.2) is 24.3 Å². The van der Waals surface area contributed by atoms with Gasteiger partial charge in [0, 0.05) is 19.6 Å². The number of ether oxygens (including phenoxy) is 1. The Morgan fingerprint density at radius 1 is 1.21 bits per heavy atom. The minimum Gasteiger partial charge on any atom is -0.481 e. The molecule has 0 spiro atoms. The number of hydrogen-bond donors (Lipinski definition) is 2. The van der Waals surface area contributed by atoms with Gasteiger partial charge in [0.25, 0.3) is 0 Å². The van der Waals surface area contributed by atoms with E-state index in [9.17, 15) is 14.7 Å². The van der Waals surface area contributed by atoms with Crippen molar-refractivity contribution in [2.24, 2.45) is 17.8 Å². The standard InChI is InChI=1S/C28H46N2O4/c1-5-6-16-29-28(33)30(20-24-12-10-22(4)11-13-24)17-18-34-25-9-7-8-23(19-25)14-15-26(21(2)3)27(31)32/h10-13,21,23,25-26H,5-9,14-20H2,1-4H3,(H,29,33)(H,31,32)/t23-,25-,26?/m1/s1. The first-order valence-electron chi connectivity index (χ1n) is 13.2. The first-order chi connectivity index (χ1) is 16.3. The van der Waals surface area contributed by atoms with Crippen LogP contribution < -0.4 is 5.32 Å². The number of carboxylic acid groups (broad SMARTS) is 1. The zero-order chi connectivity index (χ0) is 24.9. The van der Waals surface area contributed by atoms with E-state index < -0.39 is 5.97 Å². The molecule has 34 heavy (non-hydrogen) atoms. The Bertz CT molecular complexity index is 734. The number of aliphatic carboxylic acids is 1. The topological polar surface area (TPSA) is 78.9 Å². The van der Waals surface area contributed by atoms with Crippen molar-refractivity contribution in [3.63, 3.8) is 0 Å². The average molecular weight is 475 g/mol. The predicted octanol–water partition coefficient (Wildman–Crippen LogP) is 6.02. The fourth-order valence-corrected chi connectivity index (χ4v) is 4.79. The molecule has 0 aliphatic heterocycles. The molecular formula is C28H46N2O4. The Morgan fingerprint density at radius 2 is 1.94 bits per heavy atom. The molecule has 2 amide bonds. The maximum absolute atomic E-state index is 12.8. The summed E-state index contributed by atoms with van der Waals surface area (Å²) in [4.78, 5) is 26.1. The molecule has 1 aromatic rings. The fourth-order valence-electron chi connectivity index (χ4n) is 4.79. The minimum atomic E-state index is -0.676. The summed E-state index contributed by atoms with van der Waals surface area (Å²) in [6.07, 6.45) is 8.24. The van der Waals surface area contributed by atoms with Crippen LogP contribution in [-0.2, 0) is 16.1 Å². The summed E-state index contributed by atoms with van der Waals surface area (Å²) >= 11 is 0. The molecule has 1 aliphatic carbocycles. The molecule has 1 saturated carbocycles. The Morgan fingerprint density at radius 3 is 2.59 bits per heavy atom. The molecule has 1 fully saturated rings. The van der Waals surface area contributed by atoms with Gasteiger partial charge in [-0.25, -0.2) is 4.79 Å². The van der Waals surface area contributed by atoms with Crippen molar-refractivity contribution in [2.75, 3.05) is 19.7 Å². The Kier molecular flexibility index (Phi) is 12.4. The summed E-state index contributed by atoms with van der Waals surface area (Å²) < 4.78 is 6.24. The summed E-state index contributed by atoms with van der Waals surface area (Å²) in [5, 5.41) is 12.5. The summed E-state index contributed by atoms with van der Waals surface area (Å²) in [5.74, 6) is -0.246. The second-order valence-electron chi connectivity index (χ2n) is 10.3. The van der Waals surface area contributed by atoms with Crippen LogP contribution in [0, 0.1) is 24.7 Å². The Hall–Kier alpha value is -2.08. The summed E-state index contributed by atoms with van der Waals surface area (Å²) in [7, 11) is 0. The first-order valence-corrected chi connectivity index (χ1v) is 13.2. The zero-order valence-corrected chi connectivity index (χ0v) is 21.7. The van der Waals surface area contributed by atoms with Gasteiger partial charge < -0.3 is 20.1 Å². The third-order valence-electron chi connectivity index (χ3n) is 7.05. The molecule has 192 valence electrons. The number of amides is 2. The average Bonchev–Trinajstić information content (AvgIpc) is 2.80. The van der Waals surface area contributed by atoms with Gasteiger partial charge in [-0.2, -0.15) is 0 Å². The molecule has 2 rings (SSSR count). The van der Waals surface area contributed by atoms with Gasteiger partial charge in [0.05, 0.1) is 18.6 Å². The van der Waals surface area contributed by atoms with Crippen LogP contribution in [0.3, 0.4) is 0 Å². The second-order valence-corrected chi connectivity index (χ2v) is 10.3. The van der Waals surface area contributed by atoms with Gasteiger partial charge in [-0.15, -0.1) is 0 Å². The highest BCUT2D eigenvalue weighted by Crippen LogP contribution is 2.32. The third kappa shape index (κ3) is 10.0. The molecule has 0 radical (unpaired) electrons. The number of hydrogen-bond acceptors (Lipinski definition) is 3. The third-order valence-corrected chi connectivity index (χ3v) is 7.05. The van der Waals surface area contributed by atoms with Gasteiger partial charge in [-0.05, 0) is 56.4 Å². The monoisotopic (exact) mass is 474 g/mol. The van der Waals surface area contributed by atoms with Crippen molar-refractivity contribution in [2.45, 2.75) is 91.7 Å². The Balaban J connectivity index is 1.84. The van der Waals surface area contributed by atoms with Crippen LogP contribution >= 0.6 is 0 Å². The molecule has 0 bridgehead atoms. The smallest absolute Gasteiger partial charge is 0.317 e. The Labute approximate surface area is 206 Å². The number of nitrogens with zero attached hydrogens (tertiary/aromatic N) is 1. The zero-order valence-electron chi connectivity index (χ0n) is 21.7. The summed E-state index contributed by atoms with van der Waals surface area (Å²) in [6.45, 7) is 10.5. The quantitative estimate of drug-likeness (QED) is 0.323. The van der Waals surface area contributed by atoms with Crippen molar-refractivity contribution in [3.05, 3.63) is 35.4 Å². The number of carbonyl (C=O) groups excluding carboxylic acids is 1. The highest BCUT2D eigenvalue weighted by Gasteiger charge is 2.27. The lowest BCUT2D eigenvalue weighted by Gasteiger charge is -2.31. The SMILES string of the molecule is CCCCNC(=O)N(CCO[C@@H]1CCC[C@H](CCC(C(=O)O)C(C)C)C1)Cc1ccc(C)cc1. The second kappa shape index (κ2) is 15.0. The van der Waals surface area contributed by atoms with E-state index >= 15 is 0 Å². The maximum Gasteiger partial charge on any atom is 0.317 e. The van der Waals surface area contributed by atoms with Gasteiger partial charge >= 0.3 is 12.0 Å². The van der Waals surface area contributed by atoms with Crippen molar-refractivity contribution in [3.8, 4) is 0 Å². The van der Waals surface area contributed by atoms with E-state index in [1.165, 1.54) is 5.56 Å². The molecule has 1 aliphatic rings. The van der Waals surface area contributed by atoms with Gasteiger partial charge in [0.15, 0.2) is 0 Å². The van der Waals surface area contributed by atoms with Gasteiger partial charge in [-0.3, -0.25) is 4.79 Å². The molecule has 0 heterocycles. The number of benzene rings is 1. The van der Waals surface area contributed by atoms with E-state index in [4.69, 9.17) is 4.74 Å². The van der Waals surface area contributed by atoms with Crippen molar-refractivity contribution < 1.29 is 19.4 Å². The van der Waals surface area contributed by atoms with E-state index in [1.54, 1.807) is 0 Å². The number of aryl methyl sites for hydroxylation is 1. The van der Waals surface area contributed by atoms with Gasteiger partial charge in [0.1, 0.15) is 0 Å². The number of unbranched alkanes of at least 4 members (excludes halogenated alkanes) is 1. The number of carboxylic acids is 1. The summed E-state index contributed by atoms with van der Waals surface area (Å²) in [6, 6.07) is 8.28. The highest BCUT2D eigenvalue weighted by molar-refractivity contribution is 5.74. The van der Waals surface area contributed by atoms with E-state index in [1.807, 2.05) is 18.7 Å². The molecule has 0 aromatic heterocycles. The molecule has 1 aromatic carbocycles. The van der Waals surface area contributed by atoms with Crippen LogP contribution in [0.2, 0.25) is 0 Å². The van der Waals surface area contributed by atoms with Crippen LogP contribution in [0.1, 0.15) is 83.3 Å². The molecule has 2 N–H and O–H groups in total. The molecule has 0 saturated heterocycles. The first kappa shape index (κ1) is 28.2.